The fourth-order valence-corrected chi connectivity index (χ4v) is 5.22. The molecule has 182 valence electrons. The number of ether oxygens (including phenoxy) is 1. The Morgan fingerprint density at radius 2 is 1.86 bits per heavy atom. The molecular weight excluding hydrogens is 474 g/mol. The monoisotopic (exact) mass is 499 g/mol. The van der Waals surface area contributed by atoms with Gasteiger partial charge in [0.1, 0.15) is 5.75 Å². The number of ketones is 1. The van der Waals surface area contributed by atoms with E-state index in [2.05, 4.69) is 17.4 Å². The molecule has 0 radical (unpaired) electrons. The largest absolute Gasteiger partial charge is 0.482 e. The molecule has 1 aliphatic rings. The van der Waals surface area contributed by atoms with Crippen LogP contribution in [-0.4, -0.2) is 33.1 Å². The summed E-state index contributed by atoms with van der Waals surface area (Å²) < 4.78 is 7.07. The van der Waals surface area contributed by atoms with Gasteiger partial charge in [0.15, 0.2) is 17.5 Å². The molecule has 0 spiro atoms. The zero-order valence-corrected chi connectivity index (χ0v) is 20.6. The van der Waals surface area contributed by atoms with Gasteiger partial charge in [-0.05, 0) is 55.7 Å². The van der Waals surface area contributed by atoms with Gasteiger partial charge in [-0.1, -0.05) is 54.2 Å². The van der Waals surface area contributed by atoms with Crippen LogP contribution in [0.15, 0.2) is 82.7 Å². The summed E-state index contributed by atoms with van der Waals surface area (Å²) in [5.41, 5.74) is 2.65. The third-order valence-electron chi connectivity index (χ3n) is 6.06. The van der Waals surface area contributed by atoms with Crippen LogP contribution in [0.2, 0.25) is 0 Å². The molecule has 3 aromatic carbocycles. The highest BCUT2D eigenvalue weighted by atomic mass is 32.2. The Bertz CT molecular complexity index is 1500. The van der Waals surface area contributed by atoms with E-state index in [0.29, 0.717) is 39.6 Å². The third-order valence-corrected chi connectivity index (χ3v) is 7.16. The number of carbonyl (C=O) groups is 2. The lowest BCUT2D eigenvalue weighted by Gasteiger charge is -2.19. The molecule has 5 rings (SSSR count). The molecule has 1 atom stereocenters. The number of fused-ring (bicyclic) bond motifs is 2. The van der Waals surface area contributed by atoms with E-state index in [9.17, 15) is 14.4 Å². The molecule has 1 N–H and O–H groups in total. The van der Waals surface area contributed by atoms with Crippen molar-refractivity contribution in [3.05, 3.63) is 94.3 Å². The van der Waals surface area contributed by atoms with Crippen molar-refractivity contribution in [1.29, 1.82) is 0 Å². The Hall–Kier alpha value is -3.91. The highest BCUT2D eigenvalue weighted by molar-refractivity contribution is 8.00. The number of hydrogen-bond donors (Lipinski definition) is 1. The number of carbonyl (C=O) groups excluding carboxylic acids is 2. The molecule has 8 heteroatoms. The molecule has 0 fully saturated rings. The maximum atomic E-state index is 13.4. The molecule has 0 saturated carbocycles. The fourth-order valence-electron chi connectivity index (χ4n) is 4.20. The van der Waals surface area contributed by atoms with Crippen molar-refractivity contribution in [3.63, 3.8) is 0 Å². The number of nitrogens with zero attached hydrogens (tertiary/aromatic N) is 2. The van der Waals surface area contributed by atoms with E-state index in [1.807, 2.05) is 36.4 Å². The number of Topliss-reactive ketones (excluding diaryl/α,β-unsaturated/α-hetero) is 1. The normalized spacial score (nSPS) is 13.5. The van der Waals surface area contributed by atoms with Gasteiger partial charge in [0.25, 0.3) is 11.5 Å². The molecule has 2 heterocycles. The van der Waals surface area contributed by atoms with Crippen LogP contribution in [0.1, 0.15) is 29.3 Å². The van der Waals surface area contributed by atoms with E-state index < -0.39 is 5.25 Å². The van der Waals surface area contributed by atoms with Crippen LogP contribution in [0.4, 0.5) is 5.69 Å². The maximum absolute atomic E-state index is 13.4. The first kappa shape index (κ1) is 23.8. The minimum absolute atomic E-state index is 0.0397. The zero-order valence-electron chi connectivity index (χ0n) is 19.8. The summed E-state index contributed by atoms with van der Waals surface area (Å²) in [7, 11) is 0. The van der Waals surface area contributed by atoms with E-state index in [1.165, 1.54) is 17.3 Å². The van der Waals surface area contributed by atoms with E-state index in [-0.39, 0.29) is 23.9 Å². The van der Waals surface area contributed by atoms with Crippen molar-refractivity contribution in [1.82, 2.24) is 9.55 Å². The third kappa shape index (κ3) is 5.04. The van der Waals surface area contributed by atoms with E-state index in [4.69, 9.17) is 9.72 Å². The quantitative estimate of drug-likeness (QED) is 0.214. The van der Waals surface area contributed by atoms with E-state index in [0.717, 1.165) is 12.8 Å². The van der Waals surface area contributed by atoms with Gasteiger partial charge < -0.3 is 10.1 Å². The number of rotatable bonds is 8. The van der Waals surface area contributed by atoms with Crippen molar-refractivity contribution < 1.29 is 14.3 Å². The number of benzene rings is 3. The van der Waals surface area contributed by atoms with Crippen LogP contribution in [0.3, 0.4) is 0 Å². The smallest absolute Gasteiger partial charge is 0.262 e. The summed E-state index contributed by atoms with van der Waals surface area (Å²) in [6, 6.07) is 22.4. The van der Waals surface area contributed by atoms with Crippen LogP contribution < -0.4 is 15.6 Å². The average Bonchev–Trinajstić information content (AvgIpc) is 2.90. The summed E-state index contributed by atoms with van der Waals surface area (Å²) in [4.78, 5) is 43.1. The highest BCUT2D eigenvalue weighted by Gasteiger charge is 2.23. The van der Waals surface area contributed by atoms with Crippen LogP contribution in [-0.2, 0) is 17.8 Å². The highest BCUT2D eigenvalue weighted by Crippen LogP contribution is 2.31. The first-order chi connectivity index (χ1) is 17.5. The van der Waals surface area contributed by atoms with Gasteiger partial charge in [-0.3, -0.25) is 19.0 Å². The Balaban J connectivity index is 1.40. The van der Waals surface area contributed by atoms with Crippen molar-refractivity contribution in [2.45, 2.75) is 36.7 Å². The van der Waals surface area contributed by atoms with Crippen LogP contribution in [0.5, 0.6) is 5.75 Å². The number of amides is 1. The predicted octanol–water partition coefficient (Wildman–Crippen LogP) is 4.72. The molecule has 7 nitrogen and oxygen atoms in total. The summed E-state index contributed by atoms with van der Waals surface area (Å²) in [6.45, 7) is 2.26. The second-order valence-electron chi connectivity index (χ2n) is 8.63. The second-order valence-corrected chi connectivity index (χ2v) is 9.94. The van der Waals surface area contributed by atoms with E-state index >= 15 is 0 Å². The predicted molar refractivity (Wildman–Crippen MR) is 141 cm³/mol. The van der Waals surface area contributed by atoms with Gasteiger partial charge in [-0.15, -0.1) is 0 Å². The minimum Gasteiger partial charge on any atom is -0.482 e. The second kappa shape index (κ2) is 10.4. The Morgan fingerprint density at radius 3 is 2.69 bits per heavy atom. The van der Waals surface area contributed by atoms with Crippen molar-refractivity contribution >= 4 is 40.0 Å². The molecule has 0 saturated heterocycles. The van der Waals surface area contributed by atoms with Gasteiger partial charge in [0, 0.05) is 12.1 Å². The molecule has 1 amide bonds. The number of hydrogen-bond acceptors (Lipinski definition) is 6. The van der Waals surface area contributed by atoms with Crippen LogP contribution in [0.25, 0.3) is 10.9 Å². The molecular formula is C28H25N3O4S. The maximum Gasteiger partial charge on any atom is 0.262 e. The number of anilines is 1. The molecule has 1 unspecified atom stereocenters. The number of aromatic nitrogens is 2. The number of thioether (sulfide) groups is 1. The lowest BCUT2D eigenvalue weighted by Crippen LogP contribution is -2.26. The van der Waals surface area contributed by atoms with Crippen molar-refractivity contribution in [2.75, 3.05) is 11.9 Å². The van der Waals surface area contributed by atoms with Crippen LogP contribution in [0, 0.1) is 0 Å². The lowest BCUT2D eigenvalue weighted by atomic mass is 10.1. The zero-order chi connectivity index (χ0) is 25.1. The first-order valence-electron chi connectivity index (χ1n) is 11.8. The van der Waals surface area contributed by atoms with Gasteiger partial charge in [0.2, 0.25) is 0 Å². The number of nitrogens with one attached hydrogen (secondary N) is 1. The lowest BCUT2D eigenvalue weighted by molar-refractivity contribution is -0.118. The Labute approximate surface area is 212 Å². The summed E-state index contributed by atoms with van der Waals surface area (Å²) in [5, 5.41) is 3.31. The summed E-state index contributed by atoms with van der Waals surface area (Å²) in [5.74, 6) is 0.158. The van der Waals surface area contributed by atoms with E-state index in [1.54, 1.807) is 35.8 Å². The van der Waals surface area contributed by atoms with Gasteiger partial charge in [-0.25, -0.2) is 4.98 Å². The standard InChI is InChI=1S/C28H25N3O4S/c1-18(26(33)20-13-14-24-23(16-20)29-25(32)17-35-24)36-28-30-22-12-6-5-11-21(22)27(34)31(28)15-7-10-19-8-3-2-4-9-19/h2-6,8-9,11-14,16,18H,7,10,15,17H2,1H3,(H,29,32). The fraction of sp³-hybridized carbons (Fsp3) is 0.214. The van der Waals surface area contributed by atoms with Crippen molar-refractivity contribution in [3.8, 4) is 5.75 Å². The number of aryl methyl sites for hydroxylation is 1. The average molecular weight is 500 g/mol. The SMILES string of the molecule is CC(Sc1nc2ccccc2c(=O)n1CCCc1ccccc1)C(=O)c1ccc2c(c1)NC(=O)CO2. The van der Waals surface area contributed by atoms with Crippen molar-refractivity contribution in [2.24, 2.45) is 0 Å². The molecule has 1 aromatic heterocycles. The Kier molecular flexibility index (Phi) is 6.86. The topological polar surface area (TPSA) is 90.3 Å². The van der Waals surface area contributed by atoms with Gasteiger partial charge in [0.05, 0.1) is 21.8 Å². The Morgan fingerprint density at radius 1 is 1.08 bits per heavy atom. The molecule has 1 aliphatic heterocycles. The van der Waals surface area contributed by atoms with Gasteiger partial charge >= 0.3 is 0 Å². The number of para-hydroxylation sites is 1. The summed E-state index contributed by atoms with van der Waals surface area (Å²) in [6.07, 6.45) is 1.60. The summed E-state index contributed by atoms with van der Waals surface area (Å²) >= 11 is 1.27. The first-order valence-corrected chi connectivity index (χ1v) is 12.7. The molecule has 36 heavy (non-hydrogen) atoms. The molecule has 0 bridgehead atoms. The molecule has 4 aromatic rings. The minimum atomic E-state index is -0.503. The van der Waals surface area contributed by atoms with Gasteiger partial charge in [-0.2, -0.15) is 0 Å². The van der Waals surface area contributed by atoms with Crippen LogP contribution >= 0.6 is 11.8 Å². The molecule has 0 aliphatic carbocycles.